The van der Waals surface area contributed by atoms with E-state index in [1.54, 1.807) is 24.5 Å². The molecule has 8 heteroatoms. The molecule has 0 unspecified atom stereocenters. The number of hydrogen-bond acceptors (Lipinski definition) is 4. The highest BCUT2D eigenvalue weighted by atomic mass is 19.1. The average Bonchev–Trinajstić information content (AvgIpc) is 3.06. The monoisotopic (exact) mass is 384 g/mol. The van der Waals surface area contributed by atoms with E-state index in [0.717, 1.165) is 5.56 Å². The summed E-state index contributed by atoms with van der Waals surface area (Å²) in [5.41, 5.74) is 1.11. The lowest BCUT2D eigenvalue weighted by molar-refractivity contribution is -0.136. The summed E-state index contributed by atoms with van der Waals surface area (Å²) in [5.74, 6) is -2.92. The van der Waals surface area contributed by atoms with Crippen LogP contribution >= 0.6 is 0 Å². The molecule has 3 aromatic rings. The van der Waals surface area contributed by atoms with Crippen LogP contribution in [0.3, 0.4) is 0 Å². The minimum atomic E-state index is -2.40. The van der Waals surface area contributed by atoms with Gasteiger partial charge in [-0.25, -0.2) is 23.9 Å². The van der Waals surface area contributed by atoms with Crippen molar-refractivity contribution < 1.29 is 18.8 Å². The molecule has 6 nitrogen and oxygen atoms in total. The number of aromatic nitrogens is 3. The number of nitrogens with zero attached hydrogens (tertiary/aromatic N) is 3. The van der Waals surface area contributed by atoms with Crippen molar-refractivity contribution in [3.63, 3.8) is 0 Å². The fourth-order valence-corrected chi connectivity index (χ4v) is 3.75. The number of benzene rings is 1. The van der Waals surface area contributed by atoms with Gasteiger partial charge in [0.25, 0.3) is 5.91 Å². The highest BCUT2D eigenvalue weighted by molar-refractivity contribution is 5.92. The smallest absolute Gasteiger partial charge is 0.282 e. The van der Waals surface area contributed by atoms with Crippen molar-refractivity contribution in [3.8, 4) is 5.82 Å². The topological polar surface area (TPSA) is 80.0 Å². The first-order chi connectivity index (χ1) is 13.4. The molecule has 0 bridgehead atoms. The molecule has 0 aliphatic heterocycles. The summed E-state index contributed by atoms with van der Waals surface area (Å²) in [6.07, 6.45) is 4.74. The van der Waals surface area contributed by atoms with Crippen LogP contribution in [0.5, 0.6) is 0 Å². The molecular weight excluding hydrogens is 366 g/mol. The number of alkyl halides is 1. The van der Waals surface area contributed by atoms with Crippen molar-refractivity contribution in [1.82, 2.24) is 20.2 Å². The predicted octanol–water partition coefficient (Wildman–Crippen LogP) is 3.12. The number of nitrogens with one attached hydrogen (secondary N) is 1. The van der Waals surface area contributed by atoms with Gasteiger partial charge >= 0.3 is 0 Å². The zero-order valence-electron chi connectivity index (χ0n) is 15.2. The second-order valence-electron chi connectivity index (χ2n) is 7.03. The third-order valence-electron chi connectivity index (χ3n) is 5.32. The van der Waals surface area contributed by atoms with Crippen LogP contribution in [-0.4, -0.2) is 31.5 Å². The van der Waals surface area contributed by atoms with E-state index in [-0.39, 0.29) is 5.56 Å². The molecule has 1 amide bonds. The van der Waals surface area contributed by atoms with Gasteiger partial charge in [0.2, 0.25) is 5.67 Å². The van der Waals surface area contributed by atoms with E-state index >= 15 is 4.39 Å². The molecule has 2 N–H and O–H groups in total. The molecule has 1 aliphatic rings. The molecule has 4 rings (SSSR count). The number of hydrogen-bond donors (Lipinski definition) is 2. The van der Waals surface area contributed by atoms with Crippen molar-refractivity contribution in [3.05, 3.63) is 77.0 Å². The number of carbonyl (C=O) groups excluding carboxylic acids is 1. The SMILES string of the molecule is Cc1ccc(-n2cc([C@@H]3[C@@H](c4cccc(F)c4C)[C@@]3(F)C(=O)NO)cn2)nc1. The molecule has 1 fully saturated rings. The summed E-state index contributed by atoms with van der Waals surface area (Å²) >= 11 is 0. The third kappa shape index (κ3) is 2.68. The Labute approximate surface area is 159 Å². The van der Waals surface area contributed by atoms with E-state index in [4.69, 9.17) is 5.21 Å². The Morgan fingerprint density at radius 1 is 1.21 bits per heavy atom. The van der Waals surface area contributed by atoms with E-state index in [0.29, 0.717) is 16.9 Å². The Kier molecular flexibility index (Phi) is 4.23. The van der Waals surface area contributed by atoms with Gasteiger partial charge in [-0.05, 0) is 48.2 Å². The fraction of sp³-hybridized carbons (Fsp3) is 0.250. The molecule has 1 aliphatic carbocycles. The van der Waals surface area contributed by atoms with Gasteiger partial charge in [0.1, 0.15) is 5.82 Å². The van der Waals surface area contributed by atoms with Crippen LogP contribution in [-0.2, 0) is 4.79 Å². The van der Waals surface area contributed by atoms with Crippen molar-refractivity contribution >= 4 is 5.91 Å². The molecule has 1 aromatic carbocycles. The Morgan fingerprint density at radius 3 is 2.68 bits per heavy atom. The third-order valence-corrected chi connectivity index (χ3v) is 5.32. The zero-order chi connectivity index (χ0) is 20.1. The summed E-state index contributed by atoms with van der Waals surface area (Å²) in [5, 5.41) is 13.2. The predicted molar refractivity (Wildman–Crippen MR) is 96.5 cm³/mol. The lowest BCUT2D eigenvalue weighted by atomic mass is 10.0. The molecule has 3 atom stereocenters. The van der Waals surface area contributed by atoms with Crippen molar-refractivity contribution in [2.24, 2.45) is 0 Å². The number of carbonyl (C=O) groups is 1. The number of hydroxylamine groups is 1. The van der Waals surface area contributed by atoms with Crippen LogP contribution in [0.25, 0.3) is 5.82 Å². The molecule has 144 valence electrons. The Morgan fingerprint density at radius 2 is 2.00 bits per heavy atom. The van der Waals surface area contributed by atoms with E-state index in [2.05, 4.69) is 10.1 Å². The first-order valence-corrected chi connectivity index (χ1v) is 8.74. The van der Waals surface area contributed by atoms with Crippen LogP contribution in [0.4, 0.5) is 8.78 Å². The Hall–Kier alpha value is -3.13. The van der Waals surface area contributed by atoms with Gasteiger partial charge in [0.15, 0.2) is 5.82 Å². The van der Waals surface area contributed by atoms with Gasteiger partial charge in [-0.3, -0.25) is 10.0 Å². The quantitative estimate of drug-likeness (QED) is 0.535. The number of rotatable bonds is 4. The fourth-order valence-electron chi connectivity index (χ4n) is 3.75. The maximum atomic E-state index is 15.6. The van der Waals surface area contributed by atoms with Gasteiger partial charge in [-0.1, -0.05) is 18.2 Å². The molecule has 1 saturated carbocycles. The summed E-state index contributed by atoms with van der Waals surface area (Å²) in [4.78, 5) is 16.4. The summed E-state index contributed by atoms with van der Waals surface area (Å²) < 4.78 is 31.1. The minimum absolute atomic E-state index is 0.273. The van der Waals surface area contributed by atoms with Gasteiger partial charge in [-0.15, -0.1) is 0 Å². The first kappa shape index (κ1) is 18.2. The van der Waals surface area contributed by atoms with E-state index in [1.165, 1.54) is 35.4 Å². The standard InChI is InChI=1S/C20H18F2N4O2/c1-11-6-7-16(23-8-11)26-10-13(9-24-26)17-18(20(17,22)19(27)25-28)14-4-3-5-15(21)12(14)2/h3-10,17-18,28H,1-2H3,(H,25,27)/t17-,18-,20-/m1/s1. The molecule has 2 heterocycles. The number of pyridine rings is 1. The molecule has 0 radical (unpaired) electrons. The van der Waals surface area contributed by atoms with Crippen molar-refractivity contribution in [1.29, 1.82) is 0 Å². The second kappa shape index (κ2) is 6.49. The van der Waals surface area contributed by atoms with Crippen molar-refractivity contribution in [2.45, 2.75) is 31.4 Å². The Bertz CT molecular complexity index is 1050. The highest BCUT2D eigenvalue weighted by Gasteiger charge is 2.73. The molecule has 2 aromatic heterocycles. The molecular formula is C20H18F2N4O2. The molecule has 0 saturated heterocycles. The maximum Gasteiger partial charge on any atom is 0.282 e. The van der Waals surface area contributed by atoms with Gasteiger partial charge in [0.05, 0.1) is 6.20 Å². The largest absolute Gasteiger partial charge is 0.289 e. The van der Waals surface area contributed by atoms with E-state index in [9.17, 15) is 9.18 Å². The summed E-state index contributed by atoms with van der Waals surface area (Å²) in [6.45, 7) is 3.45. The van der Waals surface area contributed by atoms with Crippen LogP contribution in [0.2, 0.25) is 0 Å². The first-order valence-electron chi connectivity index (χ1n) is 8.74. The van der Waals surface area contributed by atoms with Crippen LogP contribution in [0.15, 0.2) is 48.9 Å². The van der Waals surface area contributed by atoms with Crippen LogP contribution < -0.4 is 5.48 Å². The highest BCUT2D eigenvalue weighted by Crippen LogP contribution is 2.66. The zero-order valence-corrected chi connectivity index (χ0v) is 15.2. The molecule has 28 heavy (non-hydrogen) atoms. The number of aryl methyl sites for hydroxylation is 1. The van der Waals surface area contributed by atoms with Crippen LogP contribution in [0.1, 0.15) is 34.1 Å². The minimum Gasteiger partial charge on any atom is -0.289 e. The average molecular weight is 384 g/mol. The second-order valence-corrected chi connectivity index (χ2v) is 7.03. The lowest BCUT2D eigenvalue weighted by Gasteiger charge is -2.08. The molecule has 0 spiro atoms. The van der Waals surface area contributed by atoms with Gasteiger partial charge in [-0.2, -0.15) is 5.10 Å². The van der Waals surface area contributed by atoms with Gasteiger partial charge < -0.3 is 0 Å². The normalized spacial score (nSPS) is 23.5. The van der Waals surface area contributed by atoms with Crippen molar-refractivity contribution in [2.75, 3.05) is 0 Å². The summed E-state index contributed by atoms with van der Waals surface area (Å²) in [6, 6.07) is 8.00. The lowest BCUT2D eigenvalue weighted by Crippen LogP contribution is -2.33. The Balaban J connectivity index is 1.74. The van der Waals surface area contributed by atoms with E-state index in [1.807, 2.05) is 13.0 Å². The number of amides is 1. The van der Waals surface area contributed by atoms with E-state index < -0.39 is 29.2 Å². The maximum absolute atomic E-state index is 15.6. The van der Waals surface area contributed by atoms with Gasteiger partial charge in [0, 0.05) is 24.2 Å². The van der Waals surface area contributed by atoms with Crippen LogP contribution in [0, 0.1) is 19.7 Å². The number of halogens is 2. The summed E-state index contributed by atoms with van der Waals surface area (Å²) in [7, 11) is 0.